The Morgan fingerprint density at radius 3 is 2.73 bits per heavy atom. The van der Waals surface area contributed by atoms with Crippen LogP contribution in [0, 0.1) is 0 Å². The lowest BCUT2D eigenvalue weighted by molar-refractivity contribution is -0.148. The molecule has 0 aliphatic carbocycles. The predicted octanol–water partition coefficient (Wildman–Crippen LogP) is -0.889. The number of esters is 1. The molecule has 1 saturated heterocycles. The molecule has 0 spiro atoms. The SMILES string of the molecule is COC(=O)C1(C)CNCCN1. The van der Waals surface area contributed by atoms with Crippen LogP contribution in [-0.4, -0.2) is 38.3 Å². The first kappa shape index (κ1) is 8.49. The zero-order valence-corrected chi connectivity index (χ0v) is 6.94. The van der Waals surface area contributed by atoms with E-state index in [0.29, 0.717) is 6.54 Å². The van der Waals surface area contributed by atoms with E-state index in [1.54, 1.807) is 0 Å². The highest BCUT2D eigenvalue weighted by atomic mass is 16.5. The van der Waals surface area contributed by atoms with Crippen LogP contribution < -0.4 is 10.6 Å². The van der Waals surface area contributed by atoms with Gasteiger partial charge in [-0.3, -0.25) is 10.1 Å². The van der Waals surface area contributed by atoms with Gasteiger partial charge in [-0.25, -0.2) is 0 Å². The fraction of sp³-hybridized carbons (Fsp3) is 0.857. The standard InChI is InChI=1S/C7H14N2O2/c1-7(6(10)11-2)5-8-3-4-9-7/h8-9H,3-5H2,1-2H3. The molecule has 4 nitrogen and oxygen atoms in total. The summed E-state index contributed by atoms with van der Waals surface area (Å²) in [5, 5.41) is 6.24. The molecule has 0 radical (unpaired) electrons. The summed E-state index contributed by atoms with van der Waals surface area (Å²) in [6, 6.07) is 0. The number of rotatable bonds is 1. The van der Waals surface area contributed by atoms with Crippen molar-refractivity contribution >= 4 is 5.97 Å². The maximum atomic E-state index is 11.2. The van der Waals surface area contributed by atoms with E-state index in [-0.39, 0.29) is 5.97 Å². The quantitative estimate of drug-likeness (QED) is 0.486. The molecule has 0 saturated carbocycles. The Bertz CT molecular complexity index is 153. The Balaban J connectivity index is 2.56. The molecule has 11 heavy (non-hydrogen) atoms. The van der Waals surface area contributed by atoms with E-state index in [1.807, 2.05) is 6.92 Å². The van der Waals surface area contributed by atoms with Crippen LogP contribution in [0.5, 0.6) is 0 Å². The largest absolute Gasteiger partial charge is 0.468 e. The first-order valence-corrected chi connectivity index (χ1v) is 3.73. The fourth-order valence-electron chi connectivity index (χ4n) is 1.20. The van der Waals surface area contributed by atoms with E-state index in [9.17, 15) is 4.79 Å². The smallest absolute Gasteiger partial charge is 0.327 e. The molecule has 2 N–H and O–H groups in total. The second-order valence-electron chi connectivity index (χ2n) is 2.93. The minimum atomic E-state index is -0.535. The minimum Gasteiger partial charge on any atom is -0.468 e. The van der Waals surface area contributed by atoms with Gasteiger partial charge in [-0.2, -0.15) is 0 Å². The molecule has 0 aromatic heterocycles. The lowest BCUT2D eigenvalue weighted by atomic mass is 10.0. The normalized spacial score (nSPS) is 31.5. The van der Waals surface area contributed by atoms with Crippen molar-refractivity contribution in [3.8, 4) is 0 Å². The average Bonchev–Trinajstić information content (AvgIpc) is 2.04. The maximum absolute atomic E-state index is 11.2. The Morgan fingerprint density at radius 2 is 2.27 bits per heavy atom. The summed E-state index contributed by atoms with van der Waals surface area (Å²) in [5.74, 6) is -0.204. The summed E-state index contributed by atoms with van der Waals surface area (Å²) in [5.41, 5.74) is -0.535. The van der Waals surface area contributed by atoms with Gasteiger partial charge in [0.25, 0.3) is 0 Å². The van der Waals surface area contributed by atoms with Gasteiger partial charge in [0.05, 0.1) is 7.11 Å². The van der Waals surface area contributed by atoms with Crippen LogP contribution in [0.3, 0.4) is 0 Å². The van der Waals surface area contributed by atoms with Crippen molar-refractivity contribution in [3.63, 3.8) is 0 Å². The fourth-order valence-corrected chi connectivity index (χ4v) is 1.20. The van der Waals surface area contributed by atoms with Gasteiger partial charge in [-0.05, 0) is 6.92 Å². The lowest BCUT2D eigenvalue weighted by Gasteiger charge is -2.32. The number of carbonyl (C=O) groups is 1. The van der Waals surface area contributed by atoms with E-state index in [0.717, 1.165) is 13.1 Å². The van der Waals surface area contributed by atoms with Gasteiger partial charge in [0.1, 0.15) is 5.54 Å². The maximum Gasteiger partial charge on any atom is 0.327 e. The molecule has 1 heterocycles. The summed E-state index contributed by atoms with van der Waals surface area (Å²) in [4.78, 5) is 11.2. The molecule has 1 rings (SSSR count). The van der Waals surface area contributed by atoms with Crippen LogP contribution in [0.15, 0.2) is 0 Å². The number of hydrogen-bond acceptors (Lipinski definition) is 4. The predicted molar refractivity (Wildman–Crippen MR) is 41.3 cm³/mol. The molecule has 1 atom stereocenters. The van der Waals surface area contributed by atoms with Gasteiger partial charge in [0.2, 0.25) is 0 Å². The van der Waals surface area contributed by atoms with Gasteiger partial charge < -0.3 is 10.1 Å². The van der Waals surface area contributed by atoms with Crippen LogP contribution in [0.4, 0.5) is 0 Å². The molecule has 1 aliphatic rings. The highest BCUT2D eigenvalue weighted by molar-refractivity contribution is 5.80. The Kier molecular flexibility index (Phi) is 2.46. The second-order valence-corrected chi connectivity index (χ2v) is 2.93. The van der Waals surface area contributed by atoms with Crippen molar-refractivity contribution < 1.29 is 9.53 Å². The molecule has 4 heteroatoms. The number of methoxy groups -OCH3 is 1. The first-order valence-electron chi connectivity index (χ1n) is 3.73. The van der Waals surface area contributed by atoms with Crippen molar-refractivity contribution in [2.75, 3.05) is 26.7 Å². The third kappa shape index (κ3) is 1.70. The number of carbonyl (C=O) groups excluding carboxylic acids is 1. The summed E-state index contributed by atoms with van der Waals surface area (Å²) in [6.07, 6.45) is 0. The van der Waals surface area contributed by atoms with Gasteiger partial charge in [-0.1, -0.05) is 0 Å². The number of hydrogen-bond donors (Lipinski definition) is 2. The van der Waals surface area contributed by atoms with Crippen molar-refractivity contribution in [2.24, 2.45) is 0 Å². The zero-order chi connectivity index (χ0) is 8.32. The van der Waals surface area contributed by atoms with Crippen LogP contribution in [0.2, 0.25) is 0 Å². The molecule has 1 aliphatic heterocycles. The molecule has 0 bridgehead atoms. The van der Waals surface area contributed by atoms with Gasteiger partial charge in [0.15, 0.2) is 0 Å². The first-order chi connectivity index (χ1) is 5.19. The molecule has 0 aromatic rings. The lowest BCUT2D eigenvalue weighted by Crippen LogP contribution is -2.62. The van der Waals surface area contributed by atoms with E-state index < -0.39 is 5.54 Å². The Hall–Kier alpha value is -0.610. The van der Waals surface area contributed by atoms with Gasteiger partial charge >= 0.3 is 5.97 Å². The Labute approximate surface area is 66.3 Å². The van der Waals surface area contributed by atoms with E-state index in [4.69, 9.17) is 0 Å². The zero-order valence-electron chi connectivity index (χ0n) is 6.94. The van der Waals surface area contributed by atoms with Crippen LogP contribution in [-0.2, 0) is 9.53 Å². The van der Waals surface area contributed by atoms with Gasteiger partial charge in [-0.15, -0.1) is 0 Å². The van der Waals surface area contributed by atoms with Crippen LogP contribution >= 0.6 is 0 Å². The third-order valence-corrected chi connectivity index (χ3v) is 1.93. The molecule has 0 aromatic carbocycles. The van der Waals surface area contributed by atoms with Crippen molar-refractivity contribution in [1.29, 1.82) is 0 Å². The molecule has 0 amide bonds. The highest BCUT2D eigenvalue weighted by Crippen LogP contribution is 2.06. The highest BCUT2D eigenvalue weighted by Gasteiger charge is 2.35. The minimum absolute atomic E-state index is 0.204. The monoisotopic (exact) mass is 158 g/mol. The molecular weight excluding hydrogens is 144 g/mol. The molecule has 1 fully saturated rings. The van der Waals surface area contributed by atoms with Crippen molar-refractivity contribution in [1.82, 2.24) is 10.6 Å². The van der Waals surface area contributed by atoms with E-state index in [2.05, 4.69) is 15.4 Å². The molecule has 64 valence electrons. The molecule has 1 unspecified atom stereocenters. The second kappa shape index (κ2) is 3.19. The number of ether oxygens (including phenoxy) is 1. The van der Waals surface area contributed by atoms with Crippen molar-refractivity contribution in [3.05, 3.63) is 0 Å². The number of nitrogens with one attached hydrogen (secondary N) is 2. The average molecular weight is 158 g/mol. The Morgan fingerprint density at radius 1 is 1.55 bits per heavy atom. The van der Waals surface area contributed by atoms with Gasteiger partial charge in [0, 0.05) is 19.6 Å². The van der Waals surface area contributed by atoms with Crippen LogP contribution in [0.1, 0.15) is 6.92 Å². The summed E-state index contributed by atoms with van der Waals surface area (Å²) < 4.78 is 4.65. The van der Waals surface area contributed by atoms with Crippen molar-refractivity contribution in [2.45, 2.75) is 12.5 Å². The van der Waals surface area contributed by atoms with Crippen LogP contribution in [0.25, 0.3) is 0 Å². The van der Waals surface area contributed by atoms with E-state index in [1.165, 1.54) is 7.11 Å². The summed E-state index contributed by atoms with van der Waals surface area (Å²) in [7, 11) is 1.41. The third-order valence-electron chi connectivity index (χ3n) is 1.93. The van der Waals surface area contributed by atoms with E-state index >= 15 is 0 Å². The summed E-state index contributed by atoms with van der Waals surface area (Å²) >= 11 is 0. The molecular formula is C7H14N2O2. The number of piperazine rings is 1. The summed E-state index contributed by atoms with van der Waals surface area (Å²) in [6.45, 7) is 4.20. The topological polar surface area (TPSA) is 50.4 Å².